The molecule has 1 amide bonds. The first-order valence-electron chi connectivity index (χ1n) is 9.55. The van der Waals surface area contributed by atoms with Gasteiger partial charge in [0, 0.05) is 25.1 Å². The van der Waals surface area contributed by atoms with E-state index in [1.54, 1.807) is 13.0 Å². The van der Waals surface area contributed by atoms with Crippen LogP contribution >= 0.6 is 0 Å². The molecule has 1 N–H and O–H groups in total. The van der Waals surface area contributed by atoms with Gasteiger partial charge in [-0.2, -0.15) is 0 Å². The van der Waals surface area contributed by atoms with E-state index < -0.39 is 5.60 Å². The van der Waals surface area contributed by atoms with Crippen LogP contribution in [0.5, 0.6) is 0 Å². The topological polar surface area (TPSA) is 92.4 Å². The molecule has 3 heterocycles. The fourth-order valence-electron chi connectivity index (χ4n) is 4.86. The summed E-state index contributed by atoms with van der Waals surface area (Å²) in [7, 11) is 0. The smallest absolute Gasteiger partial charge is 0.307 e. The van der Waals surface area contributed by atoms with E-state index in [0.29, 0.717) is 18.9 Å². The number of esters is 1. The summed E-state index contributed by atoms with van der Waals surface area (Å²) in [6.07, 6.45) is 5.45. The SMILES string of the molecule is Cc1nc(C2CCN(C(=O)[C@H]3CC(=O)OC34CCCC4)CC2)cc(=O)[nH]1. The first-order chi connectivity index (χ1) is 12.5. The Morgan fingerprint density at radius 3 is 2.62 bits per heavy atom. The van der Waals surface area contributed by atoms with Crippen LogP contribution in [0.3, 0.4) is 0 Å². The monoisotopic (exact) mass is 359 g/mol. The lowest BCUT2D eigenvalue weighted by atomic mass is 9.83. The standard InChI is InChI=1S/C19H25N3O4/c1-12-20-15(11-16(23)21-12)13-4-8-22(9-5-13)18(25)14-10-17(24)26-19(14)6-2-3-7-19/h11,13-14H,2-10H2,1H3,(H,20,21,23)/t14-/m1/s1. The molecule has 0 bridgehead atoms. The predicted molar refractivity (Wildman–Crippen MR) is 93.5 cm³/mol. The van der Waals surface area contributed by atoms with Gasteiger partial charge in [-0.1, -0.05) is 0 Å². The van der Waals surface area contributed by atoms with Crippen molar-refractivity contribution in [2.24, 2.45) is 5.92 Å². The van der Waals surface area contributed by atoms with Crippen LogP contribution in [0, 0.1) is 12.8 Å². The number of nitrogens with one attached hydrogen (secondary N) is 1. The summed E-state index contributed by atoms with van der Waals surface area (Å²) in [6, 6.07) is 1.56. The summed E-state index contributed by atoms with van der Waals surface area (Å²) in [5.41, 5.74) is 0.136. The number of amides is 1. The lowest BCUT2D eigenvalue weighted by Crippen LogP contribution is -2.47. The molecule has 1 spiro atoms. The maximum absolute atomic E-state index is 13.1. The van der Waals surface area contributed by atoms with Crippen LogP contribution in [0.2, 0.25) is 0 Å². The molecule has 140 valence electrons. The average molecular weight is 359 g/mol. The van der Waals surface area contributed by atoms with Crippen LogP contribution in [0.25, 0.3) is 0 Å². The summed E-state index contributed by atoms with van der Waals surface area (Å²) in [6.45, 7) is 3.05. The Morgan fingerprint density at radius 2 is 1.96 bits per heavy atom. The van der Waals surface area contributed by atoms with Crippen LogP contribution in [-0.2, 0) is 14.3 Å². The Hall–Kier alpha value is -2.18. The largest absolute Gasteiger partial charge is 0.458 e. The molecule has 3 fully saturated rings. The van der Waals surface area contributed by atoms with Crippen molar-refractivity contribution in [2.45, 2.75) is 63.4 Å². The van der Waals surface area contributed by atoms with Gasteiger partial charge < -0.3 is 14.6 Å². The molecule has 1 aliphatic carbocycles. The molecule has 26 heavy (non-hydrogen) atoms. The molecule has 1 atom stereocenters. The number of carbonyl (C=O) groups excluding carboxylic acids is 2. The molecule has 0 aromatic carbocycles. The highest BCUT2D eigenvalue weighted by molar-refractivity contribution is 5.88. The second-order valence-corrected chi connectivity index (χ2v) is 7.86. The van der Waals surface area contributed by atoms with Gasteiger partial charge in [0.25, 0.3) is 5.56 Å². The Morgan fingerprint density at radius 1 is 1.27 bits per heavy atom. The molecule has 0 radical (unpaired) electrons. The van der Waals surface area contributed by atoms with Crippen molar-refractivity contribution in [1.82, 2.24) is 14.9 Å². The Labute approximate surface area is 152 Å². The third-order valence-corrected chi connectivity index (χ3v) is 6.18. The summed E-state index contributed by atoms with van der Waals surface area (Å²) in [4.78, 5) is 45.6. The maximum Gasteiger partial charge on any atom is 0.307 e. The van der Waals surface area contributed by atoms with Crippen LogP contribution < -0.4 is 5.56 Å². The number of piperidine rings is 1. The number of hydrogen-bond acceptors (Lipinski definition) is 5. The quantitative estimate of drug-likeness (QED) is 0.811. The number of carbonyl (C=O) groups is 2. The van der Waals surface area contributed by atoms with Crippen LogP contribution in [-0.4, -0.2) is 45.4 Å². The highest BCUT2D eigenvalue weighted by Crippen LogP contribution is 2.46. The van der Waals surface area contributed by atoms with Crippen molar-refractivity contribution in [3.8, 4) is 0 Å². The number of H-pyrrole nitrogens is 1. The van der Waals surface area contributed by atoms with E-state index in [-0.39, 0.29) is 35.7 Å². The van der Waals surface area contributed by atoms with Gasteiger partial charge in [-0.25, -0.2) is 4.98 Å². The lowest BCUT2D eigenvalue weighted by Gasteiger charge is -2.36. The number of rotatable bonds is 2. The van der Waals surface area contributed by atoms with Crippen molar-refractivity contribution in [3.63, 3.8) is 0 Å². The van der Waals surface area contributed by atoms with E-state index in [0.717, 1.165) is 44.2 Å². The zero-order chi connectivity index (χ0) is 18.3. The summed E-state index contributed by atoms with van der Waals surface area (Å²) >= 11 is 0. The Kier molecular flexibility index (Phi) is 4.32. The summed E-state index contributed by atoms with van der Waals surface area (Å²) < 4.78 is 5.62. The predicted octanol–water partition coefficient (Wildman–Crippen LogP) is 1.66. The molecule has 7 nitrogen and oxygen atoms in total. The van der Waals surface area contributed by atoms with Gasteiger partial charge in [0.1, 0.15) is 11.4 Å². The van der Waals surface area contributed by atoms with Gasteiger partial charge in [0.15, 0.2) is 0 Å². The maximum atomic E-state index is 13.1. The van der Waals surface area contributed by atoms with Gasteiger partial charge in [-0.3, -0.25) is 14.4 Å². The zero-order valence-electron chi connectivity index (χ0n) is 15.1. The number of likely N-dealkylation sites (tertiary alicyclic amines) is 1. The zero-order valence-corrected chi connectivity index (χ0v) is 15.1. The van der Waals surface area contributed by atoms with Gasteiger partial charge in [-0.05, 0) is 45.4 Å². The second-order valence-electron chi connectivity index (χ2n) is 7.86. The number of aromatic nitrogens is 2. The van der Waals surface area contributed by atoms with Crippen molar-refractivity contribution in [3.05, 3.63) is 27.9 Å². The van der Waals surface area contributed by atoms with Gasteiger partial charge in [-0.15, -0.1) is 0 Å². The van der Waals surface area contributed by atoms with E-state index in [9.17, 15) is 14.4 Å². The molecule has 2 aliphatic heterocycles. The molecule has 1 aromatic heterocycles. The molecule has 0 unspecified atom stereocenters. The number of aryl methyl sites for hydroxylation is 1. The van der Waals surface area contributed by atoms with E-state index in [4.69, 9.17) is 4.74 Å². The van der Waals surface area contributed by atoms with Crippen molar-refractivity contribution >= 4 is 11.9 Å². The van der Waals surface area contributed by atoms with Gasteiger partial charge in [0.05, 0.1) is 18.0 Å². The number of aromatic amines is 1. The normalized spacial score (nSPS) is 25.7. The first kappa shape index (κ1) is 17.2. The van der Waals surface area contributed by atoms with E-state index >= 15 is 0 Å². The molecular weight excluding hydrogens is 334 g/mol. The van der Waals surface area contributed by atoms with E-state index in [1.807, 2.05) is 4.90 Å². The average Bonchev–Trinajstić information content (AvgIpc) is 3.20. The summed E-state index contributed by atoms with van der Waals surface area (Å²) in [5.74, 6) is 0.321. The number of hydrogen-bond donors (Lipinski definition) is 1. The van der Waals surface area contributed by atoms with Crippen LogP contribution in [0.15, 0.2) is 10.9 Å². The molecule has 3 aliphatic rings. The fourth-order valence-corrected chi connectivity index (χ4v) is 4.86. The molecule has 1 saturated carbocycles. The van der Waals surface area contributed by atoms with E-state index in [1.165, 1.54) is 0 Å². The van der Waals surface area contributed by atoms with Crippen molar-refractivity contribution in [2.75, 3.05) is 13.1 Å². The summed E-state index contributed by atoms with van der Waals surface area (Å²) in [5, 5.41) is 0. The first-order valence-corrected chi connectivity index (χ1v) is 9.55. The Bertz CT molecular complexity index is 773. The highest BCUT2D eigenvalue weighted by Gasteiger charge is 2.54. The lowest BCUT2D eigenvalue weighted by molar-refractivity contribution is -0.152. The second kappa shape index (κ2) is 6.52. The van der Waals surface area contributed by atoms with E-state index in [2.05, 4.69) is 9.97 Å². The van der Waals surface area contributed by atoms with Crippen molar-refractivity contribution < 1.29 is 14.3 Å². The molecular formula is C19H25N3O4. The molecule has 1 aromatic rings. The van der Waals surface area contributed by atoms with Crippen molar-refractivity contribution in [1.29, 1.82) is 0 Å². The number of ether oxygens (including phenoxy) is 1. The van der Waals surface area contributed by atoms with Gasteiger partial charge >= 0.3 is 5.97 Å². The third-order valence-electron chi connectivity index (χ3n) is 6.18. The molecule has 4 rings (SSSR count). The third kappa shape index (κ3) is 3.04. The van der Waals surface area contributed by atoms with Gasteiger partial charge in [0.2, 0.25) is 5.91 Å². The molecule has 7 heteroatoms. The minimum Gasteiger partial charge on any atom is -0.458 e. The highest BCUT2D eigenvalue weighted by atomic mass is 16.6. The fraction of sp³-hybridized carbons (Fsp3) is 0.684. The Balaban J connectivity index is 1.43. The molecule has 2 saturated heterocycles. The van der Waals surface area contributed by atoms with Crippen LogP contribution in [0.4, 0.5) is 0 Å². The minimum absolute atomic E-state index is 0.0613. The van der Waals surface area contributed by atoms with Crippen LogP contribution in [0.1, 0.15) is 62.4 Å². The minimum atomic E-state index is -0.545. The number of nitrogens with zero attached hydrogens (tertiary/aromatic N) is 2.